The van der Waals surface area contributed by atoms with Crippen molar-refractivity contribution in [2.75, 3.05) is 13.2 Å². The molecule has 0 N–H and O–H groups in total. The molecule has 1 aromatic heterocycles. The highest BCUT2D eigenvalue weighted by Gasteiger charge is 2.35. The number of ether oxygens (including phenoxy) is 1. The van der Waals surface area contributed by atoms with E-state index in [2.05, 4.69) is 6.92 Å². The van der Waals surface area contributed by atoms with Gasteiger partial charge in [-0.1, -0.05) is 38.0 Å². The van der Waals surface area contributed by atoms with Crippen molar-refractivity contribution in [2.45, 2.75) is 47.0 Å². The Bertz CT molecular complexity index is 1460. The molecule has 4 rings (SSSR count). The number of aromatic nitrogens is 2. The van der Waals surface area contributed by atoms with Crippen LogP contribution in [0.1, 0.15) is 51.2 Å². The minimum atomic E-state index is -0.522. The third-order valence-corrected chi connectivity index (χ3v) is 6.64. The SMILES string of the molecule is CCCCCN1C(=O)C(C#N)=C(C)/C(=C\c2cn(-c3ccccc3)nc2-c2ccc(OCC)cc2C)C1=O. The Hall–Kier alpha value is -4.44. The maximum Gasteiger partial charge on any atom is 0.271 e. The molecule has 0 spiro atoms. The van der Waals surface area contributed by atoms with Gasteiger partial charge in [0.1, 0.15) is 23.1 Å². The number of hydrogen-bond acceptors (Lipinski definition) is 5. The standard InChI is InChI=1S/C31H32N4O3/c1-5-7-11-16-34-30(36)27(22(4)28(19-32)31(34)37)18-23-20-35(24-12-9-8-10-13-24)33-29(23)26-15-14-25(38-6-2)17-21(26)3/h8-10,12-15,17-18,20H,5-7,11,16H2,1-4H3/b27-18+. The van der Waals surface area contributed by atoms with Gasteiger partial charge in [0, 0.05) is 29.4 Å². The molecule has 2 aromatic carbocycles. The summed E-state index contributed by atoms with van der Waals surface area (Å²) in [6.45, 7) is 8.52. The summed E-state index contributed by atoms with van der Waals surface area (Å²) < 4.78 is 7.44. The Labute approximate surface area is 223 Å². The minimum absolute atomic E-state index is 0.00148. The van der Waals surface area contributed by atoms with Gasteiger partial charge in [0.15, 0.2) is 0 Å². The monoisotopic (exact) mass is 508 g/mol. The highest BCUT2D eigenvalue weighted by molar-refractivity contribution is 6.19. The molecule has 1 aliphatic heterocycles. The van der Waals surface area contributed by atoms with Gasteiger partial charge in [-0.25, -0.2) is 4.68 Å². The highest BCUT2D eigenvalue weighted by Crippen LogP contribution is 2.33. The summed E-state index contributed by atoms with van der Waals surface area (Å²) in [6, 6.07) is 17.6. The van der Waals surface area contributed by atoms with Gasteiger partial charge in [-0.05, 0) is 74.7 Å². The summed E-state index contributed by atoms with van der Waals surface area (Å²) in [5.41, 5.74) is 4.87. The van der Waals surface area contributed by atoms with Crippen LogP contribution in [0.2, 0.25) is 0 Å². The van der Waals surface area contributed by atoms with Crippen LogP contribution >= 0.6 is 0 Å². The summed E-state index contributed by atoms with van der Waals surface area (Å²) in [7, 11) is 0. The zero-order valence-electron chi connectivity index (χ0n) is 22.3. The molecule has 0 atom stereocenters. The number of unbranched alkanes of at least 4 members (excludes halogenated alkanes) is 2. The Morgan fingerprint density at radius 1 is 1.03 bits per heavy atom. The van der Waals surface area contributed by atoms with E-state index < -0.39 is 5.91 Å². The molecule has 3 aromatic rings. The Morgan fingerprint density at radius 3 is 2.45 bits per heavy atom. The van der Waals surface area contributed by atoms with Crippen LogP contribution in [0.15, 0.2) is 71.4 Å². The lowest BCUT2D eigenvalue weighted by molar-refractivity contribution is -0.140. The molecule has 0 unspecified atom stereocenters. The molecule has 7 heteroatoms. The van der Waals surface area contributed by atoms with E-state index in [0.717, 1.165) is 35.4 Å². The summed E-state index contributed by atoms with van der Waals surface area (Å²) in [6.07, 6.45) is 6.18. The second-order valence-electron chi connectivity index (χ2n) is 9.26. The van der Waals surface area contributed by atoms with Crippen molar-refractivity contribution < 1.29 is 14.3 Å². The molecule has 194 valence electrons. The molecule has 0 saturated carbocycles. The fourth-order valence-corrected chi connectivity index (χ4v) is 4.58. The van der Waals surface area contributed by atoms with E-state index in [-0.39, 0.29) is 18.0 Å². The molecule has 0 fully saturated rings. The first-order chi connectivity index (χ1) is 18.4. The quantitative estimate of drug-likeness (QED) is 0.200. The fourth-order valence-electron chi connectivity index (χ4n) is 4.58. The normalized spacial score (nSPS) is 14.8. The Kier molecular flexibility index (Phi) is 8.22. The second-order valence-corrected chi connectivity index (χ2v) is 9.26. The zero-order chi connectivity index (χ0) is 27.2. The van der Waals surface area contributed by atoms with E-state index in [1.807, 2.05) is 74.6 Å². The van der Waals surface area contributed by atoms with Crippen molar-refractivity contribution in [3.63, 3.8) is 0 Å². The molecule has 1 aliphatic rings. The minimum Gasteiger partial charge on any atom is -0.494 e. The number of benzene rings is 2. The van der Waals surface area contributed by atoms with Crippen molar-refractivity contribution >= 4 is 17.9 Å². The topological polar surface area (TPSA) is 88.2 Å². The van der Waals surface area contributed by atoms with Gasteiger partial charge >= 0.3 is 0 Å². The van der Waals surface area contributed by atoms with Crippen molar-refractivity contribution in [3.05, 3.63) is 82.6 Å². The number of rotatable bonds is 9. The molecule has 0 bridgehead atoms. The molecule has 0 saturated heterocycles. The molecular weight excluding hydrogens is 476 g/mol. The largest absolute Gasteiger partial charge is 0.494 e. The number of imide groups is 1. The third-order valence-electron chi connectivity index (χ3n) is 6.64. The molecule has 38 heavy (non-hydrogen) atoms. The van der Waals surface area contributed by atoms with Crippen LogP contribution in [0.5, 0.6) is 5.75 Å². The van der Waals surface area contributed by atoms with Crippen molar-refractivity contribution in [3.8, 4) is 28.8 Å². The van der Waals surface area contributed by atoms with Gasteiger partial charge in [0.25, 0.3) is 11.8 Å². The third kappa shape index (κ3) is 5.30. The van der Waals surface area contributed by atoms with Crippen molar-refractivity contribution in [2.24, 2.45) is 0 Å². The van der Waals surface area contributed by atoms with Crippen LogP contribution in [0, 0.1) is 18.3 Å². The van der Waals surface area contributed by atoms with Crippen LogP contribution in [0.4, 0.5) is 0 Å². The Morgan fingerprint density at radius 2 is 1.79 bits per heavy atom. The maximum absolute atomic E-state index is 13.6. The first-order valence-electron chi connectivity index (χ1n) is 13.0. The van der Waals surface area contributed by atoms with E-state index in [0.29, 0.717) is 35.4 Å². The second kappa shape index (κ2) is 11.7. The molecule has 0 aliphatic carbocycles. The smallest absolute Gasteiger partial charge is 0.271 e. The molecule has 2 heterocycles. The number of para-hydroxylation sites is 1. The molecule has 2 amide bonds. The first-order valence-corrected chi connectivity index (χ1v) is 13.0. The number of carbonyl (C=O) groups excluding carboxylic acids is 2. The van der Waals surface area contributed by atoms with E-state index in [1.54, 1.807) is 17.7 Å². The van der Waals surface area contributed by atoms with Gasteiger partial charge < -0.3 is 4.74 Å². The van der Waals surface area contributed by atoms with Crippen LogP contribution in [-0.4, -0.2) is 39.6 Å². The maximum atomic E-state index is 13.6. The lowest BCUT2D eigenvalue weighted by Gasteiger charge is -2.27. The van der Waals surface area contributed by atoms with E-state index in [9.17, 15) is 14.9 Å². The molecule has 7 nitrogen and oxygen atoms in total. The molecule has 0 radical (unpaired) electrons. The highest BCUT2D eigenvalue weighted by atomic mass is 16.5. The molecular formula is C31H32N4O3. The average molecular weight is 509 g/mol. The van der Waals surface area contributed by atoms with Crippen LogP contribution in [0.25, 0.3) is 23.0 Å². The number of carbonyl (C=O) groups is 2. The van der Waals surface area contributed by atoms with Crippen molar-refractivity contribution in [1.29, 1.82) is 5.26 Å². The van der Waals surface area contributed by atoms with Gasteiger partial charge in [0.05, 0.1) is 12.3 Å². The van der Waals surface area contributed by atoms with E-state index >= 15 is 0 Å². The van der Waals surface area contributed by atoms with Crippen molar-refractivity contribution in [1.82, 2.24) is 14.7 Å². The van der Waals surface area contributed by atoms with Gasteiger partial charge in [0.2, 0.25) is 0 Å². The number of nitriles is 1. The number of aryl methyl sites for hydroxylation is 1. The average Bonchev–Trinajstić information content (AvgIpc) is 3.33. The number of nitrogens with zero attached hydrogens (tertiary/aromatic N) is 4. The summed E-state index contributed by atoms with van der Waals surface area (Å²) >= 11 is 0. The lowest BCUT2D eigenvalue weighted by Crippen LogP contribution is -2.43. The predicted molar refractivity (Wildman–Crippen MR) is 147 cm³/mol. The summed E-state index contributed by atoms with van der Waals surface area (Å²) in [4.78, 5) is 27.7. The first kappa shape index (κ1) is 26.6. The van der Waals surface area contributed by atoms with Crippen LogP contribution in [0.3, 0.4) is 0 Å². The zero-order valence-corrected chi connectivity index (χ0v) is 22.3. The van der Waals surface area contributed by atoms with Crippen LogP contribution < -0.4 is 4.74 Å². The number of hydrogen-bond donors (Lipinski definition) is 0. The van der Waals surface area contributed by atoms with Gasteiger partial charge in [-0.3, -0.25) is 14.5 Å². The Balaban J connectivity index is 1.88. The van der Waals surface area contributed by atoms with E-state index in [4.69, 9.17) is 9.84 Å². The summed E-state index contributed by atoms with van der Waals surface area (Å²) in [5.74, 6) is -0.132. The summed E-state index contributed by atoms with van der Waals surface area (Å²) in [5, 5.41) is 14.7. The fraction of sp³-hybridized carbons (Fsp3) is 0.290. The van der Waals surface area contributed by atoms with Crippen LogP contribution in [-0.2, 0) is 9.59 Å². The number of amides is 2. The lowest BCUT2D eigenvalue weighted by atomic mass is 9.92. The van der Waals surface area contributed by atoms with Gasteiger partial charge in [-0.2, -0.15) is 10.4 Å². The predicted octanol–water partition coefficient (Wildman–Crippen LogP) is 6.03. The van der Waals surface area contributed by atoms with Gasteiger partial charge in [-0.15, -0.1) is 0 Å². The van der Waals surface area contributed by atoms with E-state index in [1.165, 1.54) is 4.90 Å².